The highest BCUT2D eigenvalue weighted by atomic mass is 19.1. The molecule has 0 atom stereocenters. The highest BCUT2D eigenvalue weighted by Gasteiger charge is 2.25. The zero-order valence-corrected chi connectivity index (χ0v) is 21.6. The molecule has 1 aromatic carbocycles. The molecule has 3 heterocycles. The average Bonchev–Trinajstić information content (AvgIpc) is 2.89. The van der Waals surface area contributed by atoms with Gasteiger partial charge in [0, 0.05) is 50.3 Å². The van der Waals surface area contributed by atoms with Crippen molar-refractivity contribution in [2.45, 2.75) is 52.2 Å². The molecule has 1 aliphatic rings. The third-order valence-electron chi connectivity index (χ3n) is 5.67. The molecular weight excluding hydrogens is 495 g/mol. The first-order chi connectivity index (χ1) is 18.4. The van der Waals surface area contributed by atoms with Gasteiger partial charge in [-0.25, -0.2) is 19.2 Å². The first-order valence-electron chi connectivity index (χ1n) is 12.5. The maximum absolute atomic E-state index is 14.7. The molecule has 0 N–H and O–H groups in total. The lowest BCUT2D eigenvalue weighted by molar-refractivity contribution is -0.151. The van der Waals surface area contributed by atoms with Gasteiger partial charge in [0.1, 0.15) is 18.2 Å². The van der Waals surface area contributed by atoms with E-state index in [4.69, 9.17) is 23.8 Å². The van der Waals surface area contributed by atoms with Gasteiger partial charge in [0.2, 0.25) is 11.8 Å². The van der Waals surface area contributed by atoms with Crippen molar-refractivity contribution in [2.24, 2.45) is 0 Å². The molecule has 0 unspecified atom stereocenters. The van der Waals surface area contributed by atoms with Crippen molar-refractivity contribution in [1.29, 1.82) is 0 Å². The van der Waals surface area contributed by atoms with Gasteiger partial charge < -0.3 is 23.8 Å². The summed E-state index contributed by atoms with van der Waals surface area (Å²) in [4.78, 5) is 29.5. The van der Waals surface area contributed by atoms with Crippen LogP contribution in [0.4, 0.5) is 9.18 Å². The molecule has 0 saturated carbocycles. The summed E-state index contributed by atoms with van der Waals surface area (Å²) in [5.74, 6) is 0.359. The molecule has 1 fully saturated rings. The van der Waals surface area contributed by atoms with Gasteiger partial charge in [0.05, 0.1) is 18.3 Å². The number of rotatable bonds is 10. The molecule has 1 aliphatic heterocycles. The second kappa shape index (κ2) is 13.0. The van der Waals surface area contributed by atoms with Gasteiger partial charge in [-0.2, -0.15) is 0 Å². The van der Waals surface area contributed by atoms with E-state index in [-0.39, 0.29) is 23.8 Å². The van der Waals surface area contributed by atoms with Crippen molar-refractivity contribution < 1.29 is 33.0 Å². The van der Waals surface area contributed by atoms with E-state index < -0.39 is 12.0 Å². The van der Waals surface area contributed by atoms with Gasteiger partial charge in [-0.05, 0) is 45.0 Å². The summed E-state index contributed by atoms with van der Waals surface area (Å²) in [5.41, 5.74) is 1.44. The molecule has 10 nitrogen and oxygen atoms in total. The maximum Gasteiger partial charge on any atom is 0.528 e. The number of benzene rings is 1. The van der Waals surface area contributed by atoms with E-state index in [0.29, 0.717) is 56.2 Å². The van der Waals surface area contributed by atoms with Crippen LogP contribution in [-0.2, 0) is 16.0 Å². The summed E-state index contributed by atoms with van der Waals surface area (Å²) in [6, 6.07) is 10.1. The lowest BCUT2D eigenvalue weighted by Gasteiger charge is -2.30. The van der Waals surface area contributed by atoms with E-state index in [1.807, 2.05) is 18.2 Å². The molecule has 38 heavy (non-hydrogen) atoms. The molecule has 202 valence electrons. The van der Waals surface area contributed by atoms with Crippen molar-refractivity contribution in [2.75, 3.05) is 19.7 Å². The second-order valence-electron chi connectivity index (χ2n) is 8.98. The summed E-state index contributed by atoms with van der Waals surface area (Å²) in [6.07, 6.45) is 3.77. The SMILES string of the molecule is Cc1c(Oc2ccc(OCCc3ccccn3)cc2F)ncnc1OC1CCN(OC(=O)OC(C)C)CC1. The van der Waals surface area contributed by atoms with Crippen molar-refractivity contribution in [1.82, 2.24) is 20.0 Å². The number of carbonyl (C=O) groups excluding carboxylic acids is 1. The highest BCUT2D eigenvalue weighted by molar-refractivity contribution is 5.59. The number of halogens is 1. The Morgan fingerprint density at radius 1 is 1.11 bits per heavy atom. The molecule has 0 bridgehead atoms. The molecule has 3 aromatic rings. The summed E-state index contributed by atoms with van der Waals surface area (Å²) in [7, 11) is 0. The van der Waals surface area contributed by atoms with Crippen molar-refractivity contribution in [3.8, 4) is 23.3 Å². The van der Waals surface area contributed by atoms with Crippen molar-refractivity contribution in [3.63, 3.8) is 0 Å². The smallest absolute Gasteiger partial charge is 0.493 e. The predicted molar refractivity (Wildman–Crippen MR) is 135 cm³/mol. The fourth-order valence-electron chi connectivity index (χ4n) is 3.74. The number of hydrogen-bond donors (Lipinski definition) is 0. The van der Waals surface area contributed by atoms with E-state index in [2.05, 4.69) is 15.0 Å². The second-order valence-corrected chi connectivity index (χ2v) is 8.98. The normalized spacial score (nSPS) is 14.2. The highest BCUT2D eigenvalue weighted by Crippen LogP contribution is 2.31. The van der Waals surface area contributed by atoms with Crippen LogP contribution in [0.3, 0.4) is 0 Å². The summed E-state index contributed by atoms with van der Waals surface area (Å²) in [6.45, 7) is 6.62. The fraction of sp³-hybridized carbons (Fsp3) is 0.407. The van der Waals surface area contributed by atoms with Crippen LogP contribution in [0.25, 0.3) is 0 Å². The molecule has 4 rings (SSSR count). The standard InChI is InChI=1S/C27H31FN4O6/c1-18(2)35-27(33)38-32-13-9-21(10-14-32)36-25-19(3)26(31-17-30-25)37-24-8-7-22(16-23(24)28)34-15-11-20-6-4-5-12-29-20/h4-8,12,16-18,21H,9-11,13-15H2,1-3H3. The maximum atomic E-state index is 14.7. The molecule has 0 amide bonds. The van der Waals surface area contributed by atoms with Crippen LogP contribution in [0.2, 0.25) is 0 Å². The van der Waals surface area contributed by atoms with Crippen molar-refractivity contribution in [3.05, 3.63) is 66.0 Å². The van der Waals surface area contributed by atoms with E-state index in [9.17, 15) is 9.18 Å². The van der Waals surface area contributed by atoms with E-state index in [1.54, 1.807) is 38.1 Å². The lowest BCUT2D eigenvalue weighted by Crippen LogP contribution is -2.40. The van der Waals surface area contributed by atoms with Crippen LogP contribution < -0.4 is 14.2 Å². The largest absolute Gasteiger partial charge is 0.528 e. The summed E-state index contributed by atoms with van der Waals surface area (Å²) >= 11 is 0. The summed E-state index contributed by atoms with van der Waals surface area (Å²) in [5, 5.41) is 1.56. The fourth-order valence-corrected chi connectivity index (χ4v) is 3.74. The lowest BCUT2D eigenvalue weighted by atomic mass is 10.1. The van der Waals surface area contributed by atoms with Crippen LogP contribution in [-0.4, -0.2) is 58.1 Å². The van der Waals surface area contributed by atoms with Crippen molar-refractivity contribution >= 4 is 6.16 Å². The van der Waals surface area contributed by atoms with Crippen LogP contribution in [0.15, 0.2) is 48.9 Å². The first kappa shape index (κ1) is 27.1. The predicted octanol–water partition coefficient (Wildman–Crippen LogP) is 5.05. The zero-order chi connectivity index (χ0) is 26.9. The van der Waals surface area contributed by atoms with E-state index in [0.717, 1.165) is 5.69 Å². The molecule has 0 spiro atoms. The van der Waals surface area contributed by atoms with Gasteiger partial charge in [-0.15, -0.1) is 5.06 Å². The Balaban J connectivity index is 1.29. The van der Waals surface area contributed by atoms with E-state index in [1.165, 1.54) is 18.5 Å². The monoisotopic (exact) mass is 526 g/mol. The van der Waals surface area contributed by atoms with Crippen LogP contribution in [0.1, 0.15) is 37.9 Å². The van der Waals surface area contributed by atoms with Gasteiger partial charge in [0.25, 0.3) is 0 Å². The Morgan fingerprint density at radius 3 is 2.61 bits per heavy atom. The molecule has 2 aromatic heterocycles. The Labute approximate surface area is 220 Å². The number of nitrogens with zero attached hydrogens (tertiary/aromatic N) is 4. The van der Waals surface area contributed by atoms with Crippen LogP contribution >= 0.6 is 0 Å². The number of ether oxygens (including phenoxy) is 4. The Morgan fingerprint density at radius 2 is 1.89 bits per heavy atom. The first-order valence-corrected chi connectivity index (χ1v) is 12.5. The zero-order valence-electron chi connectivity index (χ0n) is 21.6. The number of pyridine rings is 1. The number of hydroxylamine groups is 2. The number of carbonyl (C=O) groups is 1. The molecule has 0 aliphatic carbocycles. The molecule has 0 radical (unpaired) electrons. The van der Waals surface area contributed by atoms with E-state index >= 15 is 0 Å². The third kappa shape index (κ3) is 7.75. The minimum absolute atomic E-state index is 0.00793. The van der Waals surface area contributed by atoms with Gasteiger partial charge >= 0.3 is 6.16 Å². The van der Waals surface area contributed by atoms with Gasteiger partial charge in [-0.1, -0.05) is 6.07 Å². The molecule has 1 saturated heterocycles. The van der Waals surface area contributed by atoms with Crippen LogP contribution in [0, 0.1) is 12.7 Å². The number of aromatic nitrogens is 3. The molecular formula is C27H31FN4O6. The van der Waals surface area contributed by atoms with Gasteiger partial charge in [-0.3, -0.25) is 4.98 Å². The van der Waals surface area contributed by atoms with Crippen LogP contribution in [0.5, 0.6) is 23.3 Å². The van der Waals surface area contributed by atoms with Gasteiger partial charge in [0.15, 0.2) is 11.6 Å². The topological polar surface area (TPSA) is 105 Å². The number of hydrogen-bond acceptors (Lipinski definition) is 10. The third-order valence-corrected chi connectivity index (χ3v) is 5.67. The molecule has 11 heteroatoms. The Bertz CT molecular complexity index is 1210. The Kier molecular flexibility index (Phi) is 9.26. The Hall–Kier alpha value is -3.99. The quantitative estimate of drug-likeness (QED) is 0.333. The average molecular weight is 527 g/mol. The number of piperidine rings is 1. The summed E-state index contributed by atoms with van der Waals surface area (Å²) < 4.78 is 37.2. The minimum atomic E-state index is -0.718. The minimum Gasteiger partial charge on any atom is -0.493 e.